The fourth-order valence-electron chi connectivity index (χ4n) is 3.42. The lowest BCUT2D eigenvalue weighted by Crippen LogP contribution is -2.44. The van der Waals surface area contributed by atoms with E-state index in [9.17, 15) is 0 Å². The van der Waals surface area contributed by atoms with Crippen molar-refractivity contribution in [1.82, 2.24) is 24.4 Å². The molecule has 2 aliphatic heterocycles. The molecule has 2 aromatic rings. The maximum Gasteiger partial charge on any atom is 0.165 e. The quantitative estimate of drug-likeness (QED) is 0.819. The molecule has 118 valence electrons. The van der Waals surface area contributed by atoms with Crippen molar-refractivity contribution in [3.05, 3.63) is 12.2 Å². The monoisotopic (exact) mass is 302 g/mol. The summed E-state index contributed by atoms with van der Waals surface area (Å²) >= 11 is 0. The lowest BCUT2D eigenvalue weighted by Gasteiger charge is -2.33. The minimum Gasteiger partial charge on any atom is -0.379 e. The first-order valence-electron chi connectivity index (χ1n) is 7.95. The average molecular weight is 302 g/mol. The predicted octanol–water partition coefficient (Wildman–Crippen LogP) is 0.848. The third-order valence-electron chi connectivity index (χ3n) is 4.71. The molecule has 1 unspecified atom stereocenters. The van der Waals surface area contributed by atoms with Gasteiger partial charge in [-0.1, -0.05) is 0 Å². The first-order chi connectivity index (χ1) is 10.7. The van der Waals surface area contributed by atoms with Crippen molar-refractivity contribution < 1.29 is 4.74 Å². The molecule has 4 heterocycles. The molecule has 0 N–H and O–H groups in total. The number of hydrogen-bond donors (Lipinski definition) is 0. The van der Waals surface area contributed by atoms with Crippen LogP contribution in [-0.4, -0.2) is 70.9 Å². The zero-order valence-corrected chi connectivity index (χ0v) is 13.2. The zero-order valence-electron chi connectivity index (χ0n) is 13.2. The van der Waals surface area contributed by atoms with E-state index in [1.165, 1.54) is 0 Å². The lowest BCUT2D eigenvalue weighted by atomic mass is 10.2. The number of likely N-dealkylation sites (N-methyl/N-ethyl adjacent to an activating group) is 1. The summed E-state index contributed by atoms with van der Waals surface area (Å²) in [6.07, 6.45) is 2.70. The highest BCUT2D eigenvalue weighted by atomic mass is 16.5. The summed E-state index contributed by atoms with van der Waals surface area (Å²) in [4.78, 5) is 18.5. The van der Waals surface area contributed by atoms with Crippen LogP contribution >= 0.6 is 0 Å². The van der Waals surface area contributed by atoms with Crippen LogP contribution in [0.15, 0.2) is 6.33 Å². The third kappa shape index (κ3) is 2.24. The molecule has 0 saturated carbocycles. The van der Waals surface area contributed by atoms with Crippen LogP contribution < -0.4 is 4.90 Å². The Kier molecular flexibility index (Phi) is 3.46. The van der Waals surface area contributed by atoms with Gasteiger partial charge >= 0.3 is 0 Å². The second kappa shape index (κ2) is 5.48. The van der Waals surface area contributed by atoms with E-state index >= 15 is 0 Å². The molecule has 22 heavy (non-hydrogen) atoms. The van der Waals surface area contributed by atoms with Crippen LogP contribution in [-0.2, 0) is 4.74 Å². The fraction of sp³-hybridized carbons (Fsp3) is 0.667. The Morgan fingerprint density at radius 1 is 1.18 bits per heavy atom. The number of fused-ring (bicyclic) bond motifs is 1. The normalized spacial score (nSPS) is 23.5. The van der Waals surface area contributed by atoms with Gasteiger partial charge in [0.05, 0.1) is 12.6 Å². The number of rotatable bonds is 2. The highest BCUT2D eigenvalue weighted by Crippen LogP contribution is 2.29. The zero-order chi connectivity index (χ0) is 15.1. The van der Waals surface area contributed by atoms with Crippen LogP contribution in [0.5, 0.6) is 0 Å². The number of aryl methyl sites for hydroxylation is 1. The van der Waals surface area contributed by atoms with E-state index in [4.69, 9.17) is 9.72 Å². The SMILES string of the molecule is Cc1nc2c(N3CCN(C)CC3)ncnc2n1C1CCOC1. The Labute approximate surface area is 129 Å². The van der Waals surface area contributed by atoms with E-state index < -0.39 is 0 Å². The van der Waals surface area contributed by atoms with Gasteiger partial charge in [-0.3, -0.25) is 0 Å². The summed E-state index contributed by atoms with van der Waals surface area (Å²) in [5.74, 6) is 1.97. The number of piperazine rings is 1. The molecule has 0 amide bonds. The number of aromatic nitrogens is 4. The van der Waals surface area contributed by atoms with Crippen molar-refractivity contribution in [2.24, 2.45) is 0 Å². The number of imidazole rings is 1. The topological polar surface area (TPSA) is 59.3 Å². The number of nitrogens with zero attached hydrogens (tertiary/aromatic N) is 6. The minimum absolute atomic E-state index is 0.347. The molecule has 1 atom stereocenters. The summed E-state index contributed by atoms with van der Waals surface area (Å²) in [5.41, 5.74) is 1.87. The van der Waals surface area contributed by atoms with Gasteiger partial charge in [0.15, 0.2) is 17.0 Å². The van der Waals surface area contributed by atoms with Gasteiger partial charge in [-0.05, 0) is 20.4 Å². The molecule has 4 rings (SSSR count). The van der Waals surface area contributed by atoms with E-state index in [1.54, 1.807) is 6.33 Å². The smallest absolute Gasteiger partial charge is 0.165 e. The van der Waals surface area contributed by atoms with Crippen LogP contribution in [0, 0.1) is 6.92 Å². The van der Waals surface area contributed by atoms with E-state index in [1.807, 2.05) is 6.92 Å². The van der Waals surface area contributed by atoms with Gasteiger partial charge < -0.3 is 19.1 Å². The summed E-state index contributed by atoms with van der Waals surface area (Å²) in [7, 11) is 2.16. The number of hydrogen-bond acceptors (Lipinski definition) is 6. The maximum atomic E-state index is 5.54. The third-order valence-corrected chi connectivity index (χ3v) is 4.71. The van der Waals surface area contributed by atoms with E-state index in [-0.39, 0.29) is 0 Å². The van der Waals surface area contributed by atoms with Gasteiger partial charge in [0.2, 0.25) is 0 Å². The summed E-state index contributed by atoms with van der Waals surface area (Å²) < 4.78 is 7.76. The van der Waals surface area contributed by atoms with Gasteiger partial charge in [-0.15, -0.1) is 0 Å². The highest BCUT2D eigenvalue weighted by Gasteiger charge is 2.25. The lowest BCUT2D eigenvalue weighted by molar-refractivity contribution is 0.186. The largest absolute Gasteiger partial charge is 0.379 e. The summed E-state index contributed by atoms with van der Waals surface area (Å²) in [5, 5.41) is 0. The van der Waals surface area contributed by atoms with Crippen LogP contribution in [0.3, 0.4) is 0 Å². The summed E-state index contributed by atoms with van der Waals surface area (Å²) in [6.45, 7) is 7.71. The molecule has 7 nitrogen and oxygen atoms in total. The standard InChI is InChI=1S/C15H22N6O/c1-11-18-13-14(20-6-4-19(2)5-7-20)16-10-17-15(13)21(11)12-3-8-22-9-12/h10,12H,3-9H2,1-2H3. The van der Waals surface area contributed by atoms with E-state index in [0.29, 0.717) is 6.04 Å². The van der Waals surface area contributed by atoms with Crippen LogP contribution in [0.2, 0.25) is 0 Å². The van der Waals surface area contributed by atoms with Gasteiger partial charge in [0.1, 0.15) is 12.2 Å². The first-order valence-corrected chi connectivity index (χ1v) is 7.95. The Morgan fingerprint density at radius 3 is 2.73 bits per heavy atom. The van der Waals surface area contributed by atoms with Crippen molar-refractivity contribution in [2.45, 2.75) is 19.4 Å². The van der Waals surface area contributed by atoms with Gasteiger partial charge in [0, 0.05) is 32.8 Å². The van der Waals surface area contributed by atoms with E-state index in [0.717, 1.165) is 68.6 Å². The van der Waals surface area contributed by atoms with Crippen molar-refractivity contribution in [2.75, 3.05) is 51.3 Å². The average Bonchev–Trinajstić information content (AvgIpc) is 3.14. The Hall–Kier alpha value is -1.73. The minimum atomic E-state index is 0.347. The Balaban J connectivity index is 1.76. The molecule has 0 spiro atoms. The molecular formula is C15H22N6O. The van der Waals surface area contributed by atoms with Crippen molar-refractivity contribution in [3.8, 4) is 0 Å². The van der Waals surface area contributed by atoms with E-state index in [2.05, 4.69) is 31.4 Å². The second-order valence-corrected chi connectivity index (χ2v) is 6.21. The molecule has 2 fully saturated rings. The molecule has 0 radical (unpaired) electrons. The molecular weight excluding hydrogens is 280 g/mol. The Bertz CT molecular complexity index is 670. The molecule has 0 aromatic carbocycles. The van der Waals surface area contributed by atoms with Gasteiger partial charge in [-0.25, -0.2) is 15.0 Å². The van der Waals surface area contributed by atoms with Crippen molar-refractivity contribution in [1.29, 1.82) is 0 Å². The predicted molar refractivity (Wildman–Crippen MR) is 84.2 cm³/mol. The Morgan fingerprint density at radius 2 is 2.00 bits per heavy atom. The van der Waals surface area contributed by atoms with Gasteiger partial charge in [-0.2, -0.15) is 0 Å². The molecule has 2 aromatic heterocycles. The van der Waals surface area contributed by atoms with Crippen LogP contribution in [0.4, 0.5) is 5.82 Å². The highest BCUT2D eigenvalue weighted by molar-refractivity contribution is 5.84. The van der Waals surface area contributed by atoms with Crippen LogP contribution in [0.1, 0.15) is 18.3 Å². The fourth-order valence-corrected chi connectivity index (χ4v) is 3.42. The second-order valence-electron chi connectivity index (χ2n) is 6.21. The maximum absolute atomic E-state index is 5.54. The van der Waals surface area contributed by atoms with Gasteiger partial charge in [0.25, 0.3) is 0 Å². The number of ether oxygens (including phenoxy) is 1. The molecule has 7 heteroatoms. The molecule has 0 bridgehead atoms. The molecule has 0 aliphatic carbocycles. The van der Waals surface area contributed by atoms with Crippen LogP contribution in [0.25, 0.3) is 11.2 Å². The summed E-state index contributed by atoms with van der Waals surface area (Å²) in [6, 6.07) is 0.347. The molecule has 2 aliphatic rings. The first kappa shape index (κ1) is 13.9. The number of anilines is 1. The molecule has 2 saturated heterocycles. The van der Waals surface area contributed by atoms with Crippen molar-refractivity contribution in [3.63, 3.8) is 0 Å². The van der Waals surface area contributed by atoms with Crippen molar-refractivity contribution >= 4 is 17.0 Å².